The molecule has 0 radical (unpaired) electrons. The quantitative estimate of drug-likeness (QED) is 0.574. The van der Waals surface area contributed by atoms with Gasteiger partial charge in [0.25, 0.3) is 5.91 Å². The molecule has 0 spiro atoms. The van der Waals surface area contributed by atoms with Crippen molar-refractivity contribution in [3.8, 4) is 11.5 Å². The Morgan fingerprint density at radius 3 is 2.54 bits per heavy atom. The molecule has 0 heterocycles. The van der Waals surface area contributed by atoms with Crippen molar-refractivity contribution >= 4 is 17.3 Å². The summed E-state index contributed by atoms with van der Waals surface area (Å²) >= 11 is 0. The predicted octanol–water partition coefficient (Wildman–Crippen LogP) is 2.95. The topological polar surface area (TPSA) is 82.8 Å². The Bertz CT molecular complexity index is 671. The lowest BCUT2D eigenvalue weighted by Gasteiger charge is -2.11. The highest BCUT2D eigenvalue weighted by atomic mass is 16.5. The molecule has 3 N–H and O–H groups in total. The molecule has 0 fully saturated rings. The lowest BCUT2D eigenvalue weighted by atomic mass is 10.2. The Balaban J connectivity index is 1.99. The van der Waals surface area contributed by atoms with E-state index in [1.165, 1.54) is 7.11 Å². The molecule has 0 aliphatic carbocycles. The van der Waals surface area contributed by atoms with Gasteiger partial charge in [0.05, 0.1) is 19.4 Å². The first kappa shape index (κ1) is 17.6. The van der Waals surface area contributed by atoms with E-state index in [0.29, 0.717) is 48.3 Å². The van der Waals surface area contributed by atoms with Crippen LogP contribution >= 0.6 is 0 Å². The summed E-state index contributed by atoms with van der Waals surface area (Å²) in [6, 6.07) is 12.0. The Morgan fingerprint density at radius 2 is 1.88 bits per heavy atom. The van der Waals surface area contributed by atoms with E-state index in [4.69, 9.17) is 19.9 Å². The van der Waals surface area contributed by atoms with Gasteiger partial charge in [-0.15, -0.1) is 0 Å². The Morgan fingerprint density at radius 1 is 1.12 bits per heavy atom. The van der Waals surface area contributed by atoms with E-state index in [9.17, 15) is 4.79 Å². The van der Waals surface area contributed by atoms with E-state index in [1.807, 2.05) is 6.92 Å². The molecule has 0 aliphatic rings. The molecular formula is C18H22N2O4. The van der Waals surface area contributed by atoms with Crippen molar-refractivity contribution in [2.75, 3.05) is 38.0 Å². The van der Waals surface area contributed by atoms with Gasteiger partial charge in [-0.05, 0) is 49.4 Å². The Kier molecular flexibility index (Phi) is 6.45. The number of hydrogen-bond donors (Lipinski definition) is 2. The number of rotatable bonds is 8. The van der Waals surface area contributed by atoms with Crippen LogP contribution in [0.1, 0.15) is 17.3 Å². The van der Waals surface area contributed by atoms with Crippen molar-refractivity contribution in [1.29, 1.82) is 0 Å². The maximum atomic E-state index is 12.3. The van der Waals surface area contributed by atoms with E-state index in [-0.39, 0.29) is 5.91 Å². The van der Waals surface area contributed by atoms with Gasteiger partial charge in [-0.1, -0.05) is 0 Å². The number of hydrogen-bond acceptors (Lipinski definition) is 5. The van der Waals surface area contributed by atoms with Gasteiger partial charge < -0.3 is 25.3 Å². The fourth-order valence-electron chi connectivity index (χ4n) is 2.08. The van der Waals surface area contributed by atoms with Crippen LogP contribution in [0.15, 0.2) is 42.5 Å². The van der Waals surface area contributed by atoms with Gasteiger partial charge in [-0.3, -0.25) is 4.79 Å². The fraction of sp³-hybridized carbons (Fsp3) is 0.278. The van der Waals surface area contributed by atoms with Crippen LogP contribution in [-0.4, -0.2) is 32.8 Å². The minimum atomic E-state index is -0.250. The van der Waals surface area contributed by atoms with Crippen LogP contribution < -0.4 is 20.5 Å². The van der Waals surface area contributed by atoms with Crippen molar-refractivity contribution in [2.24, 2.45) is 0 Å². The standard InChI is InChI=1S/C18H22N2O4/c1-3-23-10-11-24-15-7-4-13(5-8-15)18(21)20-16-12-14(19)6-9-17(16)22-2/h4-9,12H,3,10-11,19H2,1-2H3,(H,20,21). The van der Waals surface area contributed by atoms with Gasteiger partial charge in [0, 0.05) is 17.9 Å². The van der Waals surface area contributed by atoms with Crippen molar-refractivity contribution < 1.29 is 19.0 Å². The molecule has 0 saturated heterocycles. The first-order chi connectivity index (χ1) is 11.6. The van der Waals surface area contributed by atoms with Crippen LogP contribution in [0.2, 0.25) is 0 Å². The third-order valence-electron chi connectivity index (χ3n) is 3.29. The van der Waals surface area contributed by atoms with Crippen LogP contribution in [0, 0.1) is 0 Å². The molecule has 0 saturated carbocycles. The first-order valence-corrected chi connectivity index (χ1v) is 7.69. The van der Waals surface area contributed by atoms with Crippen molar-refractivity contribution in [3.63, 3.8) is 0 Å². The average Bonchev–Trinajstić information content (AvgIpc) is 2.59. The highest BCUT2D eigenvalue weighted by molar-refractivity contribution is 6.05. The van der Waals surface area contributed by atoms with Gasteiger partial charge in [0.15, 0.2) is 0 Å². The Labute approximate surface area is 141 Å². The number of anilines is 2. The number of benzene rings is 2. The molecule has 0 aromatic heterocycles. The van der Waals surface area contributed by atoms with E-state index < -0.39 is 0 Å². The van der Waals surface area contributed by atoms with Crippen LogP contribution in [0.3, 0.4) is 0 Å². The van der Waals surface area contributed by atoms with Crippen LogP contribution in [0.4, 0.5) is 11.4 Å². The zero-order chi connectivity index (χ0) is 17.4. The number of nitrogens with one attached hydrogen (secondary N) is 1. The molecule has 1 amide bonds. The average molecular weight is 330 g/mol. The largest absolute Gasteiger partial charge is 0.495 e. The number of ether oxygens (including phenoxy) is 3. The third kappa shape index (κ3) is 4.89. The molecule has 24 heavy (non-hydrogen) atoms. The number of methoxy groups -OCH3 is 1. The van der Waals surface area contributed by atoms with Gasteiger partial charge in [0.2, 0.25) is 0 Å². The van der Waals surface area contributed by atoms with Crippen molar-refractivity contribution in [3.05, 3.63) is 48.0 Å². The lowest BCUT2D eigenvalue weighted by molar-refractivity contribution is 0.102. The molecule has 0 atom stereocenters. The maximum absolute atomic E-state index is 12.3. The fourth-order valence-corrected chi connectivity index (χ4v) is 2.08. The smallest absolute Gasteiger partial charge is 0.255 e. The second-order valence-corrected chi connectivity index (χ2v) is 4.98. The van der Waals surface area contributed by atoms with Gasteiger partial charge in [-0.25, -0.2) is 0 Å². The molecule has 2 aromatic rings. The van der Waals surface area contributed by atoms with Gasteiger partial charge >= 0.3 is 0 Å². The lowest BCUT2D eigenvalue weighted by Crippen LogP contribution is -2.13. The third-order valence-corrected chi connectivity index (χ3v) is 3.29. The monoisotopic (exact) mass is 330 g/mol. The summed E-state index contributed by atoms with van der Waals surface area (Å²) in [5, 5.41) is 2.79. The highest BCUT2D eigenvalue weighted by Crippen LogP contribution is 2.27. The summed E-state index contributed by atoms with van der Waals surface area (Å²) in [7, 11) is 1.54. The Hall–Kier alpha value is -2.73. The maximum Gasteiger partial charge on any atom is 0.255 e. The van der Waals surface area contributed by atoms with Gasteiger partial charge in [0.1, 0.15) is 18.1 Å². The zero-order valence-corrected chi connectivity index (χ0v) is 13.9. The SMILES string of the molecule is CCOCCOc1ccc(C(=O)Nc2cc(N)ccc2OC)cc1. The zero-order valence-electron chi connectivity index (χ0n) is 13.9. The second kappa shape index (κ2) is 8.79. The van der Waals surface area contributed by atoms with Gasteiger partial charge in [-0.2, -0.15) is 0 Å². The minimum Gasteiger partial charge on any atom is -0.495 e. The summed E-state index contributed by atoms with van der Waals surface area (Å²) in [5.41, 5.74) is 7.33. The number of amides is 1. The van der Waals surface area contributed by atoms with E-state index >= 15 is 0 Å². The molecule has 2 rings (SSSR count). The summed E-state index contributed by atoms with van der Waals surface area (Å²) < 4.78 is 15.9. The summed E-state index contributed by atoms with van der Waals surface area (Å²) in [6.45, 7) is 3.60. The van der Waals surface area contributed by atoms with E-state index in [1.54, 1.807) is 42.5 Å². The highest BCUT2D eigenvalue weighted by Gasteiger charge is 2.10. The number of carbonyl (C=O) groups is 1. The van der Waals surface area contributed by atoms with E-state index in [0.717, 1.165) is 0 Å². The molecule has 128 valence electrons. The molecule has 6 heteroatoms. The van der Waals surface area contributed by atoms with Crippen LogP contribution in [0.25, 0.3) is 0 Å². The minimum absolute atomic E-state index is 0.250. The number of nitrogens with two attached hydrogens (primary N) is 1. The van der Waals surface area contributed by atoms with Crippen molar-refractivity contribution in [2.45, 2.75) is 6.92 Å². The summed E-state index contributed by atoms with van der Waals surface area (Å²) in [5.74, 6) is 0.987. The summed E-state index contributed by atoms with van der Waals surface area (Å²) in [6.07, 6.45) is 0. The molecule has 0 aliphatic heterocycles. The first-order valence-electron chi connectivity index (χ1n) is 7.69. The summed E-state index contributed by atoms with van der Waals surface area (Å²) in [4.78, 5) is 12.3. The number of carbonyl (C=O) groups excluding carboxylic acids is 1. The molecule has 2 aromatic carbocycles. The molecular weight excluding hydrogens is 308 g/mol. The predicted molar refractivity (Wildman–Crippen MR) is 93.8 cm³/mol. The second-order valence-electron chi connectivity index (χ2n) is 4.98. The van der Waals surface area contributed by atoms with Crippen molar-refractivity contribution in [1.82, 2.24) is 0 Å². The van der Waals surface area contributed by atoms with E-state index in [2.05, 4.69) is 5.32 Å². The number of nitrogen functional groups attached to an aromatic ring is 1. The molecule has 0 bridgehead atoms. The van der Waals surface area contributed by atoms with Crippen LogP contribution in [0.5, 0.6) is 11.5 Å². The molecule has 0 unspecified atom stereocenters. The van der Waals surface area contributed by atoms with Crippen LogP contribution in [-0.2, 0) is 4.74 Å². The normalized spacial score (nSPS) is 10.2. The molecule has 6 nitrogen and oxygen atoms in total.